The van der Waals surface area contributed by atoms with Crippen LogP contribution in [0.1, 0.15) is 16.1 Å². The number of methoxy groups -OCH3 is 1. The topological polar surface area (TPSA) is 51.2 Å². The molecule has 1 N–H and O–H groups in total. The van der Waals surface area contributed by atoms with Gasteiger partial charge in [0.05, 0.1) is 17.8 Å². The molecule has 7 heteroatoms. The van der Waals surface area contributed by atoms with Gasteiger partial charge in [-0.2, -0.15) is 0 Å². The lowest BCUT2D eigenvalue weighted by atomic mass is 10.2. The maximum Gasteiger partial charge on any atom is 0.251 e. The Morgan fingerprint density at radius 2 is 1.96 bits per heavy atom. The number of ether oxygens (including phenoxy) is 1. The van der Waals surface area contributed by atoms with Crippen molar-refractivity contribution >= 4 is 40.4 Å². The Hall–Kier alpha value is -2.08. The van der Waals surface area contributed by atoms with Gasteiger partial charge in [0.15, 0.2) is 0 Å². The van der Waals surface area contributed by atoms with Gasteiger partial charge in [-0.25, -0.2) is 4.98 Å². The van der Waals surface area contributed by atoms with Crippen molar-refractivity contribution in [2.75, 3.05) is 13.7 Å². The Morgan fingerprint density at radius 1 is 1.19 bits per heavy atom. The van der Waals surface area contributed by atoms with E-state index in [1.54, 1.807) is 29.5 Å². The lowest BCUT2D eigenvalue weighted by Gasteiger charge is -2.07. The van der Waals surface area contributed by atoms with Crippen molar-refractivity contribution in [2.45, 2.75) is 6.42 Å². The van der Waals surface area contributed by atoms with Crippen LogP contribution in [-0.2, 0) is 6.42 Å². The molecule has 4 nitrogen and oxygen atoms in total. The summed E-state index contributed by atoms with van der Waals surface area (Å²) in [4.78, 5) is 16.8. The van der Waals surface area contributed by atoms with Gasteiger partial charge in [0, 0.05) is 34.5 Å². The highest BCUT2D eigenvalue weighted by molar-refractivity contribution is 7.13. The standard InChI is InChI=1S/C19H16Cl2N2O2S/c1-25-17-7-4-13(10-16(17)21)18(24)22-9-8-15-11-26-19(23-15)12-2-5-14(20)6-3-12/h2-7,10-11H,8-9H2,1H3,(H,22,24). The van der Waals surface area contributed by atoms with Gasteiger partial charge in [0.25, 0.3) is 5.91 Å². The van der Waals surface area contributed by atoms with Crippen LogP contribution in [-0.4, -0.2) is 24.5 Å². The van der Waals surface area contributed by atoms with Crippen molar-refractivity contribution in [1.82, 2.24) is 10.3 Å². The Labute approximate surface area is 165 Å². The fraction of sp³-hybridized carbons (Fsp3) is 0.158. The van der Waals surface area contributed by atoms with E-state index >= 15 is 0 Å². The van der Waals surface area contributed by atoms with Crippen LogP contribution in [0.25, 0.3) is 10.6 Å². The second-order valence-corrected chi connectivity index (χ2v) is 7.21. The first-order valence-corrected chi connectivity index (χ1v) is 9.52. The molecule has 3 aromatic rings. The molecule has 0 aliphatic heterocycles. The van der Waals surface area contributed by atoms with Crippen molar-refractivity contribution < 1.29 is 9.53 Å². The summed E-state index contributed by atoms with van der Waals surface area (Å²) >= 11 is 13.5. The van der Waals surface area contributed by atoms with E-state index in [4.69, 9.17) is 27.9 Å². The number of thiazole rings is 1. The number of halogens is 2. The summed E-state index contributed by atoms with van der Waals surface area (Å²) < 4.78 is 5.09. The van der Waals surface area contributed by atoms with Crippen LogP contribution in [0, 0.1) is 0 Å². The van der Waals surface area contributed by atoms with E-state index in [1.165, 1.54) is 7.11 Å². The minimum Gasteiger partial charge on any atom is -0.495 e. The fourth-order valence-corrected chi connectivity index (χ4v) is 3.60. The molecule has 0 radical (unpaired) electrons. The first-order chi connectivity index (χ1) is 12.6. The number of aromatic nitrogens is 1. The molecule has 1 heterocycles. The second kappa shape index (κ2) is 8.54. The molecule has 0 aliphatic rings. The maximum atomic E-state index is 12.2. The van der Waals surface area contributed by atoms with Gasteiger partial charge < -0.3 is 10.1 Å². The van der Waals surface area contributed by atoms with Crippen LogP contribution in [0.4, 0.5) is 0 Å². The number of carbonyl (C=O) groups is 1. The first kappa shape index (κ1) is 18.7. The molecule has 1 amide bonds. The molecule has 0 fully saturated rings. The molecule has 134 valence electrons. The smallest absolute Gasteiger partial charge is 0.251 e. The van der Waals surface area contributed by atoms with Gasteiger partial charge >= 0.3 is 0 Å². The third-order valence-corrected chi connectivity index (χ3v) is 5.21. The molecule has 0 aliphatic carbocycles. The number of nitrogens with one attached hydrogen (secondary N) is 1. The van der Waals surface area contributed by atoms with Gasteiger partial charge in [-0.15, -0.1) is 11.3 Å². The summed E-state index contributed by atoms with van der Waals surface area (Å²) in [6, 6.07) is 12.5. The summed E-state index contributed by atoms with van der Waals surface area (Å²) in [6.45, 7) is 0.492. The van der Waals surface area contributed by atoms with Crippen LogP contribution in [0.15, 0.2) is 47.8 Å². The summed E-state index contributed by atoms with van der Waals surface area (Å²) in [7, 11) is 1.53. The highest BCUT2D eigenvalue weighted by Crippen LogP contribution is 2.26. The quantitative estimate of drug-likeness (QED) is 0.619. The lowest BCUT2D eigenvalue weighted by molar-refractivity contribution is 0.0954. The number of nitrogens with zero attached hydrogens (tertiary/aromatic N) is 1. The van der Waals surface area contributed by atoms with Crippen LogP contribution in [0.2, 0.25) is 10.0 Å². The summed E-state index contributed by atoms with van der Waals surface area (Å²) in [5, 5.41) is 6.92. The van der Waals surface area contributed by atoms with Gasteiger partial charge in [-0.1, -0.05) is 35.3 Å². The molecular weight excluding hydrogens is 391 g/mol. The average molecular weight is 407 g/mol. The molecule has 0 unspecified atom stereocenters. The largest absolute Gasteiger partial charge is 0.495 e. The van der Waals surface area contributed by atoms with Crippen LogP contribution in [0.5, 0.6) is 5.75 Å². The number of hydrogen-bond donors (Lipinski definition) is 1. The highest BCUT2D eigenvalue weighted by Gasteiger charge is 2.10. The maximum absolute atomic E-state index is 12.2. The minimum atomic E-state index is -0.178. The fourth-order valence-electron chi connectivity index (χ4n) is 2.36. The first-order valence-electron chi connectivity index (χ1n) is 7.89. The molecule has 0 bridgehead atoms. The van der Waals surface area contributed by atoms with E-state index in [2.05, 4.69) is 10.3 Å². The van der Waals surface area contributed by atoms with E-state index < -0.39 is 0 Å². The van der Waals surface area contributed by atoms with Crippen molar-refractivity contribution in [1.29, 1.82) is 0 Å². The van der Waals surface area contributed by atoms with Crippen molar-refractivity contribution in [3.8, 4) is 16.3 Å². The zero-order valence-electron chi connectivity index (χ0n) is 14.0. The second-order valence-electron chi connectivity index (χ2n) is 5.51. The predicted octanol–water partition coefficient (Wildman–Crippen LogP) is 5.10. The van der Waals surface area contributed by atoms with E-state index in [0.717, 1.165) is 16.3 Å². The molecule has 1 aromatic heterocycles. The third kappa shape index (κ3) is 4.55. The third-order valence-electron chi connectivity index (χ3n) is 3.72. The SMILES string of the molecule is COc1ccc(C(=O)NCCc2csc(-c3ccc(Cl)cc3)n2)cc1Cl. The highest BCUT2D eigenvalue weighted by atomic mass is 35.5. The number of benzene rings is 2. The molecule has 0 saturated heterocycles. The van der Waals surface area contributed by atoms with Crippen molar-refractivity contribution in [2.24, 2.45) is 0 Å². The summed E-state index contributed by atoms with van der Waals surface area (Å²) in [5.74, 6) is 0.364. The Morgan fingerprint density at radius 3 is 2.65 bits per heavy atom. The van der Waals surface area contributed by atoms with E-state index in [9.17, 15) is 4.79 Å². The predicted molar refractivity (Wildman–Crippen MR) is 107 cm³/mol. The van der Waals surface area contributed by atoms with Gasteiger partial charge in [0.1, 0.15) is 10.8 Å². The monoisotopic (exact) mass is 406 g/mol. The average Bonchev–Trinajstić information content (AvgIpc) is 3.11. The van der Waals surface area contributed by atoms with Gasteiger partial charge in [-0.05, 0) is 30.3 Å². The van der Waals surface area contributed by atoms with E-state index in [-0.39, 0.29) is 5.91 Å². The van der Waals surface area contributed by atoms with E-state index in [0.29, 0.717) is 34.3 Å². The number of amides is 1. The summed E-state index contributed by atoms with van der Waals surface area (Å²) in [5.41, 5.74) is 2.46. The molecule has 3 rings (SSSR count). The molecule has 26 heavy (non-hydrogen) atoms. The number of carbonyl (C=O) groups excluding carboxylic acids is 1. The number of rotatable bonds is 6. The van der Waals surface area contributed by atoms with Crippen LogP contribution < -0.4 is 10.1 Å². The molecule has 0 atom stereocenters. The number of hydrogen-bond acceptors (Lipinski definition) is 4. The Bertz CT molecular complexity index is 910. The molecular formula is C19H16Cl2N2O2S. The normalized spacial score (nSPS) is 10.6. The van der Waals surface area contributed by atoms with Crippen LogP contribution in [0.3, 0.4) is 0 Å². The Kier molecular flexibility index (Phi) is 6.14. The van der Waals surface area contributed by atoms with E-state index in [1.807, 2.05) is 29.6 Å². The zero-order valence-corrected chi connectivity index (χ0v) is 16.3. The molecule has 0 saturated carbocycles. The Balaban J connectivity index is 1.56. The summed E-state index contributed by atoms with van der Waals surface area (Å²) in [6.07, 6.45) is 0.652. The van der Waals surface area contributed by atoms with Crippen molar-refractivity contribution in [3.05, 3.63) is 69.1 Å². The van der Waals surface area contributed by atoms with Gasteiger partial charge in [0.2, 0.25) is 0 Å². The zero-order chi connectivity index (χ0) is 18.5. The minimum absolute atomic E-state index is 0.178. The van der Waals surface area contributed by atoms with Gasteiger partial charge in [-0.3, -0.25) is 4.79 Å². The molecule has 2 aromatic carbocycles. The lowest BCUT2D eigenvalue weighted by Crippen LogP contribution is -2.25. The molecule has 0 spiro atoms. The van der Waals surface area contributed by atoms with Crippen LogP contribution >= 0.6 is 34.5 Å². The van der Waals surface area contributed by atoms with Crippen molar-refractivity contribution in [3.63, 3.8) is 0 Å².